The molecule has 1 aliphatic heterocycles. The molecular formula is C26H24N8O3. The van der Waals surface area contributed by atoms with Gasteiger partial charge in [-0.15, -0.1) is 0 Å². The Bertz CT molecular complexity index is 1490. The number of hydrogen-bond acceptors (Lipinski definition) is 8. The van der Waals surface area contributed by atoms with E-state index in [1.54, 1.807) is 36.7 Å². The zero-order valence-corrected chi connectivity index (χ0v) is 20.1. The second-order valence-corrected chi connectivity index (χ2v) is 9.38. The topological polar surface area (TPSA) is 143 Å². The third-order valence-electron chi connectivity index (χ3n) is 7.03. The first-order valence-corrected chi connectivity index (χ1v) is 12.0. The second kappa shape index (κ2) is 9.08. The maximum absolute atomic E-state index is 12.8. The number of H-pyrrole nitrogens is 1. The maximum Gasteiger partial charge on any atom is 0.275 e. The minimum atomic E-state index is -0.379. The number of carbonyl (C=O) groups excluding carboxylic acids is 2. The molecule has 0 spiro atoms. The van der Waals surface area contributed by atoms with E-state index in [4.69, 9.17) is 4.52 Å². The summed E-state index contributed by atoms with van der Waals surface area (Å²) in [5.74, 6) is 1.33. The molecule has 37 heavy (non-hydrogen) atoms. The number of likely N-dealkylation sites (tertiary alicyclic amines) is 1. The number of anilines is 1. The number of rotatable bonds is 6. The molecule has 1 aliphatic carbocycles. The smallest absolute Gasteiger partial charge is 0.275 e. The molecule has 11 nitrogen and oxygen atoms in total. The Morgan fingerprint density at radius 3 is 2.81 bits per heavy atom. The lowest BCUT2D eigenvalue weighted by Gasteiger charge is -2.30. The number of piperidine rings is 1. The minimum Gasteiger partial charge on any atom is -0.339 e. The third kappa shape index (κ3) is 4.18. The van der Waals surface area contributed by atoms with Gasteiger partial charge in [0, 0.05) is 24.3 Å². The number of amides is 2. The number of pyridine rings is 2. The average molecular weight is 497 g/mol. The van der Waals surface area contributed by atoms with Gasteiger partial charge in [-0.25, -0.2) is 9.97 Å². The van der Waals surface area contributed by atoms with Gasteiger partial charge < -0.3 is 14.7 Å². The standard InChI is InChI=1S/C26H24N8O3/c1-3-22(35)34-13-15-9-17(20(34)10-15)26-31-24(33-37-26)16-7-8-21(27-12-16)30-25(36)19-6-4-5-18(29-19)23-14(2)11-28-32-23/h3-8,11-12,15,17,20H,1,9-10,13H2,2H3,(H,28,32)(H,27,30,36)/t15?,17-,20?/m0/s1. The summed E-state index contributed by atoms with van der Waals surface area (Å²) in [5, 5.41) is 13.8. The fraction of sp³-hybridized carbons (Fsp3) is 0.269. The Balaban J connectivity index is 1.14. The Hall–Kier alpha value is -4.67. The van der Waals surface area contributed by atoms with Crippen LogP contribution in [0.5, 0.6) is 0 Å². The Morgan fingerprint density at radius 1 is 1.19 bits per heavy atom. The van der Waals surface area contributed by atoms with Gasteiger partial charge in [-0.05, 0) is 61.6 Å². The van der Waals surface area contributed by atoms with Gasteiger partial charge in [0.25, 0.3) is 5.91 Å². The molecule has 2 aliphatic rings. The highest BCUT2D eigenvalue weighted by Gasteiger charge is 2.49. The molecule has 0 radical (unpaired) electrons. The Morgan fingerprint density at radius 2 is 2.08 bits per heavy atom. The molecule has 11 heteroatoms. The normalized spacial score (nSPS) is 20.2. The molecule has 186 valence electrons. The predicted octanol–water partition coefficient (Wildman–Crippen LogP) is 3.37. The SMILES string of the molecule is C=CC(=O)N1CC2CC1[C@@H](c1nc(-c3ccc(NC(=O)c4cccc(-c5[nH]ncc5C)n4)nc3)no1)C2. The van der Waals surface area contributed by atoms with Gasteiger partial charge in [0.05, 0.1) is 23.5 Å². The first-order chi connectivity index (χ1) is 18.0. The number of aromatic nitrogens is 6. The van der Waals surface area contributed by atoms with E-state index in [0.29, 0.717) is 34.7 Å². The number of hydrogen-bond donors (Lipinski definition) is 2. The number of aryl methyl sites for hydroxylation is 1. The quantitative estimate of drug-likeness (QED) is 0.387. The number of aromatic amines is 1. The van der Waals surface area contributed by atoms with Crippen LogP contribution < -0.4 is 5.32 Å². The Kier molecular flexibility index (Phi) is 5.59. The summed E-state index contributed by atoms with van der Waals surface area (Å²) in [7, 11) is 0. The lowest BCUT2D eigenvalue weighted by atomic mass is 9.98. The van der Waals surface area contributed by atoms with E-state index in [9.17, 15) is 9.59 Å². The van der Waals surface area contributed by atoms with Crippen molar-refractivity contribution in [2.45, 2.75) is 31.7 Å². The summed E-state index contributed by atoms with van der Waals surface area (Å²) in [6, 6.07) is 8.72. The second-order valence-electron chi connectivity index (χ2n) is 9.38. The summed E-state index contributed by atoms with van der Waals surface area (Å²) < 4.78 is 5.58. The number of nitrogens with zero attached hydrogens (tertiary/aromatic N) is 6. The van der Waals surface area contributed by atoms with Crippen LogP contribution in [-0.4, -0.2) is 59.6 Å². The lowest BCUT2D eigenvalue weighted by molar-refractivity contribution is -0.128. The van der Waals surface area contributed by atoms with Gasteiger partial charge in [0.15, 0.2) is 0 Å². The molecule has 1 saturated heterocycles. The van der Waals surface area contributed by atoms with Crippen molar-refractivity contribution in [3.8, 4) is 22.8 Å². The molecular weight excluding hydrogens is 472 g/mol. The van der Waals surface area contributed by atoms with E-state index in [2.05, 4.69) is 42.2 Å². The van der Waals surface area contributed by atoms with Crippen LogP contribution in [0.25, 0.3) is 22.8 Å². The highest BCUT2D eigenvalue weighted by Crippen LogP contribution is 2.46. The summed E-state index contributed by atoms with van der Waals surface area (Å²) in [6.07, 6.45) is 6.51. The third-order valence-corrected chi connectivity index (χ3v) is 7.03. The van der Waals surface area contributed by atoms with Crippen molar-refractivity contribution in [3.05, 3.63) is 72.5 Å². The molecule has 2 fully saturated rings. The van der Waals surface area contributed by atoms with Gasteiger partial charge in [0.2, 0.25) is 17.6 Å². The van der Waals surface area contributed by atoms with Crippen molar-refractivity contribution in [3.63, 3.8) is 0 Å². The predicted molar refractivity (Wildman–Crippen MR) is 133 cm³/mol. The first-order valence-electron chi connectivity index (χ1n) is 12.0. The van der Waals surface area contributed by atoms with E-state index >= 15 is 0 Å². The van der Waals surface area contributed by atoms with Gasteiger partial charge in [-0.2, -0.15) is 10.1 Å². The van der Waals surface area contributed by atoms with Crippen LogP contribution in [0.1, 0.15) is 40.7 Å². The van der Waals surface area contributed by atoms with Crippen LogP contribution in [0.3, 0.4) is 0 Å². The highest BCUT2D eigenvalue weighted by molar-refractivity contribution is 6.02. The van der Waals surface area contributed by atoms with Crippen molar-refractivity contribution in [1.29, 1.82) is 0 Å². The highest BCUT2D eigenvalue weighted by atomic mass is 16.5. The van der Waals surface area contributed by atoms with Gasteiger partial charge in [-0.3, -0.25) is 14.7 Å². The molecule has 4 aromatic heterocycles. The van der Waals surface area contributed by atoms with Crippen LogP contribution in [0.15, 0.2) is 59.9 Å². The van der Waals surface area contributed by atoms with Crippen molar-refractivity contribution >= 4 is 17.6 Å². The summed E-state index contributed by atoms with van der Waals surface area (Å²) in [4.78, 5) is 40.2. The molecule has 4 aromatic rings. The zero-order valence-electron chi connectivity index (χ0n) is 20.1. The molecule has 3 atom stereocenters. The molecule has 2 unspecified atom stereocenters. The first kappa shape index (κ1) is 22.8. The fourth-order valence-corrected chi connectivity index (χ4v) is 5.25. The summed E-state index contributed by atoms with van der Waals surface area (Å²) in [5.41, 5.74) is 3.25. The largest absolute Gasteiger partial charge is 0.339 e. The maximum atomic E-state index is 12.8. The molecule has 5 heterocycles. The molecule has 6 rings (SSSR count). The van der Waals surface area contributed by atoms with E-state index in [1.807, 2.05) is 17.9 Å². The van der Waals surface area contributed by atoms with Gasteiger partial charge >= 0.3 is 0 Å². The van der Waals surface area contributed by atoms with E-state index in [1.165, 1.54) is 6.08 Å². The van der Waals surface area contributed by atoms with E-state index in [-0.39, 0.29) is 29.5 Å². The molecule has 2 bridgehead atoms. The minimum absolute atomic E-state index is 0.0178. The lowest BCUT2D eigenvalue weighted by Crippen LogP contribution is -2.40. The van der Waals surface area contributed by atoms with Gasteiger partial charge in [-0.1, -0.05) is 17.8 Å². The monoisotopic (exact) mass is 496 g/mol. The average Bonchev–Trinajstić information content (AvgIpc) is 3.73. The molecule has 0 aromatic carbocycles. The number of nitrogens with one attached hydrogen (secondary N) is 2. The van der Waals surface area contributed by atoms with Crippen LogP contribution >= 0.6 is 0 Å². The Labute approximate surface area is 212 Å². The number of carbonyl (C=O) groups is 2. The van der Waals surface area contributed by atoms with Crippen LogP contribution in [0, 0.1) is 12.8 Å². The van der Waals surface area contributed by atoms with Crippen LogP contribution in [0.4, 0.5) is 5.82 Å². The summed E-state index contributed by atoms with van der Waals surface area (Å²) in [6.45, 7) is 6.28. The van der Waals surface area contributed by atoms with Crippen molar-refractivity contribution in [2.75, 3.05) is 11.9 Å². The van der Waals surface area contributed by atoms with Crippen molar-refractivity contribution in [1.82, 2.24) is 35.2 Å². The van der Waals surface area contributed by atoms with E-state index < -0.39 is 0 Å². The van der Waals surface area contributed by atoms with Crippen LogP contribution in [0.2, 0.25) is 0 Å². The summed E-state index contributed by atoms with van der Waals surface area (Å²) >= 11 is 0. The molecule has 2 N–H and O–H groups in total. The zero-order chi connectivity index (χ0) is 25.5. The van der Waals surface area contributed by atoms with Crippen molar-refractivity contribution < 1.29 is 14.1 Å². The fourth-order valence-electron chi connectivity index (χ4n) is 5.25. The van der Waals surface area contributed by atoms with Gasteiger partial charge in [0.1, 0.15) is 11.5 Å². The van der Waals surface area contributed by atoms with Crippen LogP contribution in [-0.2, 0) is 4.79 Å². The van der Waals surface area contributed by atoms with E-state index in [0.717, 1.165) is 30.6 Å². The van der Waals surface area contributed by atoms with Crippen molar-refractivity contribution in [2.24, 2.45) is 5.92 Å². The number of fused-ring (bicyclic) bond motifs is 2. The molecule has 1 saturated carbocycles. The molecule has 2 amide bonds.